The van der Waals surface area contributed by atoms with Crippen molar-refractivity contribution in [1.29, 1.82) is 0 Å². The van der Waals surface area contributed by atoms with Crippen molar-refractivity contribution in [1.82, 2.24) is 4.90 Å². The molecule has 0 rings (SSSR count). The number of amides is 1. The van der Waals surface area contributed by atoms with Gasteiger partial charge in [-0.3, -0.25) is 9.59 Å². The maximum atomic E-state index is 11.5. The molecule has 0 saturated heterocycles. The van der Waals surface area contributed by atoms with E-state index in [4.69, 9.17) is 0 Å². The summed E-state index contributed by atoms with van der Waals surface area (Å²) in [5.74, 6) is 0.235. The summed E-state index contributed by atoms with van der Waals surface area (Å²) in [6.45, 7) is 7.08. The molecule has 4 heteroatoms. The monoisotopic (exact) mass is 215 g/mol. The summed E-state index contributed by atoms with van der Waals surface area (Å²) in [5, 5.41) is 0. The number of hydrogen-bond acceptors (Lipinski definition) is 3. The Hall–Kier alpha value is -1.06. The number of carbonyl (C=O) groups excluding carboxylic acids is 2. The van der Waals surface area contributed by atoms with E-state index in [2.05, 4.69) is 4.74 Å². The minimum absolute atomic E-state index is 0.0904. The van der Waals surface area contributed by atoms with Crippen molar-refractivity contribution < 1.29 is 14.3 Å². The number of rotatable bonds is 6. The highest BCUT2D eigenvalue weighted by molar-refractivity contribution is 5.77. The smallest absolute Gasteiger partial charge is 0.307 e. The average Bonchev–Trinajstić information content (AvgIpc) is 2.21. The Morgan fingerprint density at radius 1 is 1.33 bits per heavy atom. The molecule has 0 fully saturated rings. The topological polar surface area (TPSA) is 46.6 Å². The van der Waals surface area contributed by atoms with Gasteiger partial charge >= 0.3 is 5.97 Å². The molecule has 0 aromatic carbocycles. The van der Waals surface area contributed by atoms with E-state index in [1.165, 1.54) is 7.11 Å². The molecule has 0 aliphatic heterocycles. The first-order chi connectivity index (χ1) is 7.01. The predicted octanol–water partition coefficient (Wildman–Crippen LogP) is 1.44. The number of nitrogens with zero attached hydrogens (tertiary/aromatic N) is 1. The molecule has 0 aliphatic rings. The minimum atomic E-state index is -0.271. The van der Waals surface area contributed by atoms with Gasteiger partial charge < -0.3 is 9.64 Å². The molecule has 0 aliphatic carbocycles. The molecule has 4 nitrogen and oxygen atoms in total. The number of methoxy groups -OCH3 is 1. The van der Waals surface area contributed by atoms with Crippen LogP contribution in [0, 0.1) is 5.92 Å². The highest BCUT2D eigenvalue weighted by atomic mass is 16.5. The van der Waals surface area contributed by atoms with Gasteiger partial charge in [-0.15, -0.1) is 0 Å². The molecule has 1 amide bonds. The number of ether oxygens (including phenoxy) is 1. The molecule has 15 heavy (non-hydrogen) atoms. The van der Waals surface area contributed by atoms with E-state index in [0.29, 0.717) is 25.4 Å². The van der Waals surface area contributed by atoms with Crippen molar-refractivity contribution >= 4 is 11.9 Å². The molecule has 0 N–H and O–H groups in total. The van der Waals surface area contributed by atoms with Gasteiger partial charge in [-0.2, -0.15) is 0 Å². The third-order valence-corrected chi connectivity index (χ3v) is 2.05. The van der Waals surface area contributed by atoms with Crippen LogP contribution in [0.5, 0.6) is 0 Å². The normalized spacial score (nSPS) is 10.2. The van der Waals surface area contributed by atoms with Crippen LogP contribution >= 0.6 is 0 Å². The van der Waals surface area contributed by atoms with Crippen LogP contribution in [0.3, 0.4) is 0 Å². The third kappa shape index (κ3) is 6.10. The lowest BCUT2D eigenvalue weighted by Crippen LogP contribution is -2.35. The molecule has 0 unspecified atom stereocenters. The summed E-state index contributed by atoms with van der Waals surface area (Å²) in [6, 6.07) is 0. The molecule has 88 valence electrons. The Bertz CT molecular complexity index is 214. The van der Waals surface area contributed by atoms with E-state index in [1.807, 2.05) is 20.8 Å². The van der Waals surface area contributed by atoms with Crippen LogP contribution in [0.25, 0.3) is 0 Å². The summed E-state index contributed by atoms with van der Waals surface area (Å²) < 4.78 is 4.54. The van der Waals surface area contributed by atoms with Gasteiger partial charge in [0.25, 0.3) is 0 Å². The van der Waals surface area contributed by atoms with Crippen molar-refractivity contribution in [2.75, 3.05) is 20.2 Å². The average molecular weight is 215 g/mol. The Morgan fingerprint density at radius 3 is 2.33 bits per heavy atom. The van der Waals surface area contributed by atoms with Gasteiger partial charge in [-0.05, 0) is 5.92 Å². The van der Waals surface area contributed by atoms with Gasteiger partial charge in [-0.1, -0.05) is 20.8 Å². The van der Waals surface area contributed by atoms with Crippen molar-refractivity contribution in [2.45, 2.75) is 33.6 Å². The van der Waals surface area contributed by atoms with Gasteiger partial charge in [0, 0.05) is 19.5 Å². The van der Waals surface area contributed by atoms with Crippen LogP contribution in [0.15, 0.2) is 0 Å². The van der Waals surface area contributed by atoms with Gasteiger partial charge in [0.2, 0.25) is 5.91 Å². The van der Waals surface area contributed by atoms with E-state index >= 15 is 0 Å². The fourth-order valence-electron chi connectivity index (χ4n) is 1.31. The first-order valence-electron chi connectivity index (χ1n) is 5.35. The fraction of sp³-hybridized carbons (Fsp3) is 0.818. The zero-order valence-corrected chi connectivity index (χ0v) is 10.1. The summed E-state index contributed by atoms with van der Waals surface area (Å²) in [7, 11) is 1.36. The van der Waals surface area contributed by atoms with Crippen LogP contribution < -0.4 is 0 Å². The molecule has 0 spiro atoms. The van der Waals surface area contributed by atoms with Crippen molar-refractivity contribution in [3.63, 3.8) is 0 Å². The zero-order chi connectivity index (χ0) is 11.8. The second kappa shape index (κ2) is 7.26. The van der Waals surface area contributed by atoms with Gasteiger partial charge in [0.15, 0.2) is 0 Å². The quantitative estimate of drug-likeness (QED) is 0.630. The Balaban J connectivity index is 4.12. The van der Waals surface area contributed by atoms with Crippen molar-refractivity contribution in [2.24, 2.45) is 5.92 Å². The van der Waals surface area contributed by atoms with Crippen LogP contribution in [0.4, 0.5) is 0 Å². The molecule has 0 aromatic rings. The van der Waals surface area contributed by atoms with Crippen LogP contribution in [-0.4, -0.2) is 37.0 Å². The Kier molecular flexibility index (Phi) is 6.75. The maximum absolute atomic E-state index is 11.5. The van der Waals surface area contributed by atoms with Gasteiger partial charge in [0.1, 0.15) is 0 Å². The van der Waals surface area contributed by atoms with E-state index in [9.17, 15) is 9.59 Å². The first kappa shape index (κ1) is 13.9. The highest BCUT2D eigenvalue weighted by Crippen LogP contribution is 2.03. The SMILES string of the molecule is CCC(=O)N(CCC(=O)OC)CC(C)C. The van der Waals surface area contributed by atoms with E-state index in [0.717, 1.165) is 0 Å². The van der Waals surface area contributed by atoms with Gasteiger partial charge in [0.05, 0.1) is 13.5 Å². The molecule has 0 radical (unpaired) electrons. The zero-order valence-electron chi connectivity index (χ0n) is 10.1. The molecule has 0 bridgehead atoms. The number of carbonyl (C=O) groups is 2. The van der Waals surface area contributed by atoms with E-state index < -0.39 is 0 Å². The molecular weight excluding hydrogens is 194 g/mol. The lowest BCUT2D eigenvalue weighted by molar-refractivity contribution is -0.141. The Labute approximate surface area is 91.6 Å². The molecule has 0 atom stereocenters. The van der Waals surface area contributed by atoms with Crippen LogP contribution in [0.2, 0.25) is 0 Å². The third-order valence-electron chi connectivity index (χ3n) is 2.05. The second-order valence-electron chi connectivity index (χ2n) is 3.91. The lowest BCUT2D eigenvalue weighted by atomic mass is 10.2. The number of hydrogen-bond donors (Lipinski definition) is 0. The summed E-state index contributed by atoms with van der Waals surface area (Å²) in [6.07, 6.45) is 0.753. The summed E-state index contributed by atoms with van der Waals surface area (Å²) in [4.78, 5) is 24.2. The molecule has 0 aromatic heterocycles. The van der Waals surface area contributed by atoms with E-state index in [-0.39, 0.29) is 18.3 Å². The lowest BCUT2D eigenvalue weighted by Gasteiger charge is -2.23. The molecule has 0 heterocycles. The first-order valence-corrected chi connectivity index (χ1v) is 5.35. The highest BCUT2D eigenvalue weighted by Gasteiger charge is 2.14. The Morgan fingerprint density at radius 2 is 1.93 bits per heavy atom. The van der Waals surface area contributed by atoms with Crippen LogP contribution in [-0.2, 0) is 14.3 Å². The van der Waals surface area contributed by atoms with E-state index in [1.54, 1.807) is 4.90 Å². The summed E-state index contributed by atoms with van der Waals surface area (Å²) in [5.41, 5.74) is 0. The molecule has 0 saturated carbocycles. The second-order valence-corrected chi connectivity index (χ2v) is 3.91. The predicted molar refractivity (Wildman–Crippen MR) is 58.3 cm³/mol. The van der Waals surface area contributed by atoms with Gasteiger partial charge in [-0.25, -0.2) is 0 Å². The largest absolute Gasteiger partial charge is 0.469 e. The molecular formula is C11H21NO3. The maximum Gasteiger partial charge on any atom is 0.307 e. The van der Waals surface area contributed by atoms with Crippen LogP contribution in [0.1, 0.15) is 33.6 Å². The fourth-order valence-corrected chi connectivity index (χ4v) is 1.31. The minimum Gasteiger partial charge on any atom is -0.469 e. The summed E-state index contributed by atoms with van der Waals surface area (Å²) >= 11 is 0. The standard InChI is InChI=1S/C11H21NO3/c1-5-10(13)12(8-9(2)3)7-6-11(14)15-4/h9H,5-8H2,1-4H3. The number of esters is 1. The van der Waals surface area contributed by atoms with Crippen molar-refractivity contribution in [3.8, 4) is 0 Å². The van der Waals surface area contributed by atoms with Crippen molar-refractivity contribution in [3.05, 3.63) is 0 Å².